The minimum Gasteiger partial charge on any atom is -0.314 e. The smallest absolute Gasteiger partial charge is 0.0285 e. The molecule has 0 saturated heterocycles. The van der Waals surface area contributed by atoms with Crippen LogP contribution in [0.15, 0.2) is 15.9 Å². The molecular weight excluding hydrogens is 318 g/mol. The maximum atomic E-state index is 3.76. The van der Waals surface area contributed by atoms with Crippen LogP contribution in [0.2, 0.25) is 0 Å². The number of nitrogens with one attached hydrogen (secondary N) is 1. The van der Waals surface area contributed by atoms with Crippen LogP contribution in [0.5, 0.6) is 0 Å². The van der Waals surface area contributed by atoms with Gasteiger partial charge in [0, 0.05) is 20.8 Å². The lowest BCUT2D eigenvalue weighted by atomic mass is 9.65. The Kier molecular flexibility index (Phi) is 5.50. The molecule has 0 amide bonds. The molecule has 1 heterocycles. The van der Waals surface area contributed by atoms with Crippen molar-refractivity contribution in [1.82, 2.24) is 5.32 Å². The molecule has 0 spiro atoms. The second-order valence-electron chi connectivity index (χ2n) is 6.44. The monoisotopic (exact) mass is 343 g/mol. The van der Waals surface area contributed by atoms with Crippen LogP contribution in [0.25, 0.3) is 0 Å². The molecule has 108 valence electrons. The van der Waals surface area contributed by atoms with Crippen molar-refractivity contribution in [2.75, 3.05) is 6.54 Å². The summed E-state index contributed by atoms with van der Waals surface area (Å²) < 4.78 is 1.23. The number of rotatable bonds is 5. The molecule has 3 heteroatoms. The van der Waals surface area contributed by atoms with Crippen LogP contribution in [0.4, 0.5) is 0 Å². The van der Waals surface area contributed by atoms with Crippen LogP contribution >= 0.6 is 27.3 Å². The highest BCUT2D eigenvalue weighted by molar-refractivity contribution is 9.10. The first-order valence-corrected chi connectivity index (χ1v) is 9.16. The van der Waals surface area contributed by atoms with Gasteiger partial charge in [0.1, 0.15) is 0 Å². The van der Waals surface area contributed by atoms with Crippen molar-refractivity contribution in [2.24, 2.45) is 11.3 Å². The largest absolute Gasteiger partial charge is 0.314 e. The predicted molar refractivity (Wildman–Crippen MR) is 88.9 cm³/mol. The molecule has 1 saturated carbocycles. The summed E-state index contributed by atoms with van der Waals surface area (Å²) in [7, 11) is 0. The fraction of sp³-hybridized carbons (Fsp3) is 0.750. The molecule has 19 heavy (non-hydrogen) atoms. The summed E-state index contributed by atoms with van der Waals surface area (Å²) in [5.74, 6) is 0.807. The van der Waals surface area contributed by atoms with Crippen LogP contribution < -0.4 is 5.32 Å². The summed E-state index contributed by atoms with van der Waals surface area (Å²) in [6.07, 6.45) is 6.76. The average Bonchev–Trinajstić information content (AvgIpc) is 2.74. The van der Waals surface area contributed by atoms with Crippen molar-refractivity contribution in [3.05, 3.63) is 20.8 Å². The minimum absolute atomic E-state index is 0.486. The quantitative estimate of drug-likeness (QED) is 0.769. The normalized spacial score (nSPS) is 24.3. The van der Waals surface area contributed by atoms with Crippen LogP contribution in [0.1, 0.15) is 51.3 Å². The molecule has 1 fully saturated rings. The number of thiophene rings is 1. The zero-order valence-corrected chi connectivity index (χ0v) is 14.7. The van der Waals surface area contributed by atoms with E-state index in [1.54, 1.807) is 0 Å². The first kappa shape index (κ1) is 15.5. The molecule has 2 unspecified atom stereocenters. The highest BCUT2D eigenvalue weighted by Gasteiger charge is 2.37. The summed E-state index contributed by atoms with van der Waals surface area (Å²) in [4.78, 5) is 1.50. The molecule has 1 aromatic rings. The van der Waals surface area contributed by atoms with Crippen molar-refractivity contribution in [3.8, 4) is 0 Å². The van der Waals surface area contributed by atoms with E-state index in [9.17, 15) is 0 Å². The van der Waals surface area contributed by atoms with Gasteiger partial charge in [0.2, 0.25) is 0 Å². The SMILES string of the molecule is CCNC(Cc1cc(Br)cs1)C1CCCCC1(C)C. The Hall–Kier alpha value is 0.140. The maximum Gasteiger partial charge on any atom is 0.0285 e. The van der Waals surface area contributed by atoms with Gasteiger partial charge in [-0.2, -0.15) is 0 Å². The molecular formula is C16H26BrNS. The van der Waals surface area contributed by atoms with Gasteiger partial charge in [-0.05, 0) is 59.1 Å². The third kappa shape index (κ3) is 4.05. The summed E-state index contributed by atoms with van der Waals surface area (Å²) in [6.45, 7) is 8.23. The fourth-order valence-corrected chi connectivity index (χ4v) is 5.07. The third-order valence-corrected chi connectivity index (χ3v) is 6.30. The van der Waals surface area contributed by atoms with E-state index in [1.807, 2.05) is 11.3 Å². The van der Waals surface area contributed by atoms with Gasteiger partial charge in [-0.25, -0.2) is 0 Å². The van der Waals surface area contributed by atoms with Crippen LogP contribution in [0.3, 0.4) is 0 Å². The lowest BCUT2D eigenvalue weighted by Gasteiger charge is -2.43. The average molecular weight is 344 g/mol. The number of likely N-dealkylation sites (N-methyl/N-ethyl adjacent to an activating group) is 1. The molecule has 2 rings (SSSR count). The Morgan fingerprint density at radius 1 is 1.47 bits per heavy atom. The number of hydrogen-bond donors (Lipinski definition) is 1. The van der Waals surface area contributed by atoms with E-state index in [0.29, 0.717) is 11.5 Å². The highest BCUT2D eigenvalue weighted by Crippen LogP contribution is 2.43. The summed E-state index contributed by atoms with van der Waals surface area (Å²) in [5.41, 5.74) is 0.486. The summed E-state index contributed by atoms with van der Waals surface area (Å²) in [6, 6.07) is 2.91. The molecule has 1 nitrogen and oxygen atoms in total. The van der Waals surface area contributed by atoms with Gasteiger partial charge in [0.05, 0.1) is 0 Å². The van der Waals surface area contributed by atoms with Crippen LogP contribution in [-0.4, -0.2) is 12.6 Å². The van der Waals surface area contributed by atoms with E-state index in [-0.39, 0.29) is 0 Å². The lowest BCUT2D eigenvalue weighted by molar-refractivity contribution is 0.0990. The van der Waals surface area contributed by atoms with E-state index in [4.69, 9.17) is 0 Å². The molecule has 0 bridgehead atoms. The van der Waals surface area contributed by atoms with Gasteiger partial charge in [-0.3, -0.25) is 0 Å². The second-order valence-corrected chi connectivity index (χ2v) is 8.35. The van der Waals surface area contributed by atoms with Gasteiger partial charge in [-0.1, -0.05) is 33.6 Å². The first-order valence-electron chi connectivity index (χ1n) is 7.49. The zero-order valence-electron chi connectivity index (χ0n) is 12.3. The Morgan fingerprint density at radius 3 is 2.84 bits per heavy atom. The Balaban J connectivity index is 2.10. The van der Waals surface area contributed by atoms with E-state index < -0.39 is 0 Å². The van der Waals surface area contributed by atoms with Gasteiger partial charge < -0.3 is 5.32 Å². The fourth-order valence-electron chi connectivity index (χ4n) is 3.56. The molecule has 2 atom stereocenters. The maximum absolute atomic E-state index is 3.76. The first-order chi connectivity index (χ1) is 9.03. The van der Waals surface area contributed by atoms with Crippen molar-refractivity contribution >= 4 is 27.3 Å². The standard InChI is InChI=1S/C16H26BrNS/c1-4-18-15(10-13-9-12(17)11-19-13)14-7-5-6-8-16(14,2)3/h9,11,14-15,18H,4-8,10H2,1-3H3. The zero-order chi connectivity index (χ0) is 13.9. The topological polar surface area (TPSA) is 12.0 Å². The summed E-state index contributed by atoms with van der Waals surface area (Å²) >= 11 is 5.45. The molecule has 1 aliphatic rings. The van der Waals surface area contributed by atoms with Gasteiger partial charge in [-0.15, -0.1) is 11.3 Å². The van der Waals surface area contributed by atoms with Gasteiger partial charge in [0.25, 0.3) is 0 Å². The van der Waals surface area contributed by atoms with Crippen LogP contribution in [-0.2, 0) is 6.42 Å². The van der Waals surface area contributed by atoms with Gasteiger partial charge >= 0.3 is 0 Å². The van der Waals surface area contributed by atoms with Crippen molar-refractivity contribution in [3.63, 3.8) is 0 Å². The van der Waals surface area contributed by atoms with Crippen LogP contribution in [0, 0.1) is 11.3 Å². The van der Waals surface area contributed by atoms with E-state index >= 15 is 0 Å². The molecule has 0 radical (unpaired) electrons. The lowest BCUT2D eigenvalue weighted by Crippen LogP contribution is -2.45. The molecule has 0 aromatic carbocycles. The van der Waals surface area contributed by atoms with E-state index in [2.05, 4.69) is 53.5 Å². The number of halogens is 1. The van der Waals surface area contributed by atoms with E-state index in [0.717, 1.165) is 12.5 Å². The van der Waals surface area contributed by atoms with Crippen molar-refractivity contribution in [2.45, 2.75) is 58.9 Å². The Labute approximate surface area is 130 Å². The molecule has 1 aliphatic carbocycles. The Bertz CT molecular complexity index is 399. The van der Waals surface area contributed by atoms with E-state index in [1.165, 1.54) is 41.5 Å². The van der Waals surface area contributed by atoms with Crippen molar-refractivity contribution in [1.29, 1.82) is 0 Å². The third-order valence-electron chi connectivity index (χ3n) is 4.58. The predicted octanol–water partition coefficient (Wildman–Crippen LogP) is 5.25. The molecule has 0 aliphatic heterocycles. The molecule has 1 N–H and O–H groups in total. The minimum atomic E-state index is 0.486. The number of hydrogen-bond acceptors (Lipinski definition) is 2. The summed E-state index contributed by atoms with van der Waals surface area (Å²) in [5, 5.41) is 5.96. The molecule has 1 aromatic heterocycles. The highest BCUT2D eigenvalue weighted by atomic mass is 79.9. The second kappa shape index (κ2) is 6.73. The van der Waals surface area contributed by atoms with Gasteiger partial charge in [0.15, 0.2) is 0 Å². The van der Waals surface area contributed by atoms with Crippen molar-refractivity contribution < 1.29 is 0 Å². The Morgan fingerprint density at radius 2 is 2.26 bits per heavy atom.